The zero-order chi connectivity index (χ0) is 27.9. The van der Waals surface area contributed by atoms with E-state index in [9.17, 15) is 14.4 Å². The number of nitrogens with zero attached hydrogens (tertiary/aromatic N) is 3. The maximum atomic E-state index is 13.4. The predicted octanol–water partition coefficient (Wildman–Crippen LogP) is 3.70. The second kappa shape index (κ2) is 12.5. The van der Waals surface area contributed by atoms with Gasteiger partial charge in [0, 0.05) is 37.4 Å². The lowest BCUT2D eigenvalue weighted by molar-refractivity contribution is -0.116. The lowest BCUT2D eigenvalue weighted by Gasteiger charge is -2.33. The van der Waals surface area contributed by atoms with Crippen molar-refractivity contribution in [1.82, 2.24) is 10.2 Å². The third-order valence-electron chi connectivity index (χ3n) is 6.49. The average Bonchev–Trinajstić information content (AvgIpc) is 2.87. The molecule has 3 rings (SSSR count). The summed E-state index contributed by atoms with van der Waals surface area (Å²) in [6, 6.07) is 15.3. The Morgan fingerprint density at radius 1 is 1.13 bits per heavy atom. The number of hydrogen-bond acceptors (Lipinski definition) is 6. The molecule has 0 aromatic heterocycles. The van der Waals surface area contributed by atoms with Crippen molar-refractivity contribution in [3.05, 3.63) is 64.7 Å². The fourth-order valence-corrected chi connectivity index (χ4v) is 4.59. The minimum Gasteiger partial charge on any atom is -0.444 e. The second-order valence-electron chi connectivity index (χ2n) is 10.6. The molecule has 0 saturated carbocycles. The van der Waals surface area contributed by atoms with Gasteiger partial charge in [0.1, 0.15) is 5.60 Å². The molecule has 1 fully saturated rings. The summed E-state index contributed by atoms with van der Waals surface area (Å²) < 4.78 is 5.27. The van der Waals surface area contributed by atoms with Gasteiger partial charge in [0.2, 0.25) is 5.91 Å². The molecule has 9 nitrogen and oxygen atoms in total. The number of ether oxygens (including phenoxy) is 1. The van der Waals surface area contributed by atoms with Crippen LogP contribution in [0.4, 0.5) is 10.5 Å². The van der Waals surface area contributed by atoms with Gasteiger partial charge in [0.05, 0.1) is 18.2 Å². The summed E-state index contributed by atoms with van der Waals surface area (Å²) in [5.74, 6) is -0.220. The van der Waals surface area contributed by atoms with Gasteiger partial charge in [-0.05, 0) is 81.8 Å². The quantitative estimate of drug-likeness (QED) is 0.547. The van der Waals surface area contributed by atoms with Crippen LogP contribution in [0.15, 0.2) is 42.5 Å². The van der Waals surface area contributed by atoms with Crippen LogP contribution in [0, 0.1) is 18.3 Å². The van der Waals surface area contributed by atoms with Crippen molar-refractivity contribution >= 4 is 23.6 Å². The Hall–Kier alpha value is -4.06. The predicted molar refractivity (Wildman–Crippen MR) is 146 cm³/mol. The van der Waals surface area contributed by atoms with Crippen molar-refractivity contribution in [2.24, 2.45) is 5.73 Å². The number of nitrogens with one attached hydrogen (secondary N) is 1. The van der Waals surface area contributed by atoms with Gasteiger partial charge in [-0.1, -0.05) is 18.2 Å². The zero-order valence-corrected chi connectivity index (χ0v) is 22.6. The number of likely N-dealkylation sites (tertiary alicyclic amines) is 1. The van der Waals surface area contributed by atoms with E-state index in [0.29, 0.717) is 42.4 Å². The van der Waals surface area contributed by atoms with E-state index in [0.717, 1.165) is 18.4 Å². The minimum absolute atomic E-state index is 0.0511. The fourth-order valence-electron chi connectivity index (χ4n) is 4.59. The Morgan fingerprint density at radius 2 is 1.79 bits per heavy atom. The summed E-state index contributed by atoms with van der Waals surface area (Å²) >= 11 is 0. The molecular weight excluding hydrogens is 482 g/mol. The van der Waals surface area contributed by atoms with Crippen LogP contribution in [0.5, 0.6) is 0 Å². The number of aryl methyl sites for hydroxylation is 1. The third-order valence-corrected chi connectivity index (χ3v) is 6.49. The lowest BCUT2D eigenvalue weighted by atomic mass is 9.89. The molecule has 202 valence electrons. The first kappa shape index (κ1) is 28.5. The van der Waals surface area contributed by atoms with Crippen molar-refractivity contribution in [3.63, 3.8) is 0 Å². The van der Waals surface area contributed by atoms with Crippen LogP contribution >= 0.6 is 0 Å². The summed E-state index contributed by atoms with van der Waals surface area (Å²) in [7, 11) is 0. The molecule has 0 radical (unpaired) electrons. The highest BCUT2D eigenvalue weighted by molar-refractivity contribution is 5.95. The van der Waals surface area contributed by atoms with Crippen molar-refractivity contribution in [2.75, 3.05) is 37.6 Å². The van der Waals surface area contributed by atoms with Gasteiger partial charge in [-0.15, -0.1) is 0 Å². The number of carbonyl (C=O) groups is 3. The molecule has 1 aliphatic rings. The smallest absolute Gasteiger partial charge is 0.407 e. The number of anilines is 1. The fraction of sp³-hybridized carbons (Fsp3) is 0.448. The zero-order valence-electron chi connectivity index (χ0n) is 22.6. The Balaban J connectivity index is 1.66. The molecular formula is C29H37N5O4. The van der Waals surface area contributed by atoms with Crippen molar-refractivity contribution in [3.8, 4) is 6.07 Å². The first-order chi connectivity index (χ1) is 18.0. The number of nitriles is 1. The summed E-state index contributed by atoms with van der Waals surface area (Å²) in [5, 5.41) is 11.7. The van der Waals surface area contributed by atoms with E-state index in [1.165, 1.54) is 5.56 Å². The summed E-state index contributed by atoms with van der Waals surface area (Å²) in [6.07, 6.45) is 1.16. The summed E-state index contributed by atoms with van der Waals surface area (Å²) in [5.41, 5.74) is 8.87. The molecule has 0 atom stereocenters. The number of piperidine rings is 1. The molecule has 2 aromatic carbocycles. The molecule has 9 heteroatoms. The number of amides is 3. The van der Waals surface area contributed by atoms with E-state index in [2.05, 4.69) is 11.4 Å². The second-order valence-corrected chi connectivity index (χ2v) is 10.6. The molecule has 0 unspecified atom stereocenters. The average molecular weight is 520 g/mol. The first-order valence-corrected chi connectivity index (χ1v) is 12.9. The number of primary amides is 1. The highest BCUT2D eigenvalue weighted by Gasteiger charge is 2.25. The van der Waals surface area contributed by atoms with Crippen LogP contribution in [0.3, 0.4) is 0 Å². The molecule has 0 bridgehead atoms. The molecule has 1 saturated heterocycles. The topological polar surface area (TPSA) is 129 Å². The van der Waals surface area contributed by atoms with E-state index in [4.69, 9.17) is 15.7 Å². The van der Waals surface area contributed by atoms with Gasteiger partial charge < -0.3 is 25.6 Å². The Labute approximate surface area is 224 Å². The van der Waals surface area contributed by atoms with Crippen LogP contribution in [-0.4, -0.2) is 61.1 Å². The van der Waals surface area contributed by atoms with Crippen LogP contribution in [-0.2, 0) is 9.53 Å². The number of alkyl carbamates (subject to hydrolysis) is 1. The summed E-state index contributed by atoms with van der Waals surface area (Å²) in [4.78, 5) is 40.8. The maximum absolute atomic E-state index is 13.4. The molecule has 1 aliphatic heterocycles. The van der Waals surface area contributed by atoms with Gasteiger partial charge >= 0.3 is 6.09 Å². The van der Waals surface area contributed by atoms with E-state index in [1.54, 1.807) is 37.8 Å². The van der Waals surface area contributed by atoms with Crippen molar-refractivity contribution < 1.29 is 19.1 Å². The number of hydrogen-bond donors (Lipinski definition) is 2. The minimum atomic E-state index is -0.612. The van der Waals surface area contributed by atoms with E-state index >= 15 is 0 Å². The van der Waals surface area contributed by atoms with E-state index in [1.807, 2.05) is 42.2 Å². The normalized spacial score (nSPS) is 13.9. The number of rotatable bonds is 8. The number of benzene rings is 2. The lowest BCUT2D eigenvalue weighted by Crippen LogP contribution is -2.41. The third kappa shape index (κ3) is 7.97. The number of carbonyl (C=O) groups excluding carboxylic acids is 3. The molecule has 0 aliphatic carbocycles. The maximum Gasteiger partial charge on any atom is 0.407 e. The van der Waals surface area contributed by atoms with Crippen LogP contribution in [0.1, 0.15) is 66.6 Å². The number of nitrogens with two attached hydrogens (primary N) is 1. The highest BCUT2D eigenvalue weighted by Crippen LogP contribution is 2.30. The van der Waals surface area contributed by atoms with Gasteiger partial charge in [-0.25, -0.2) is 4.79 Å². The summed E-state index contributed by atoms with van der Waals surface area (Å²) in [6.45, 7) is 9.04. The molecule has 38 heavy (non-hydrogen) atoms. The molecule has 3 amide bonds. The largest absolute Gasteiger partial charge is 0.444 e. The SMILES string of the molecule is Cc1ccc(C(=O)N2CCC(c3ccc(C#N)cc3)CC2)cc1N(CCNC(=O)OC(C)(C)C)CC(N)=O. The van der Waals surface area contributed by atoms with E-state index < -0.39 is 17.6 Å². The molecule has 1 heterocycles. The van der Waals surface area contributed by atoms with Crippen LogP contribution < -0.4 is 16.0 Å². The van der Waals surface area contributed by atoms with Gasteiger partial charge in [-0.2, -0.15) is 5.26 Å². The Kier molecular flexibility index (Phi) is 9.35. The van der Waals surface area contributed by atoms with E-state index in [-0.39, 0.29) is 19.0 Å². The van der Waals surface area contributed by atoms with Gasteiger partial charge in [0.25, 0.3) is 5.91 Å². The highest BCUT2D eigenvalue weighted by atomic mass is 16.6. The molecule has 3 N–H and O–H groups in total. The Morgan fingerprint density at radius 3 is 2.37 bits per heavy atom. The van der Waals surface area contributed by atoms with Gasteiger partial charge in [0.15, 0.2) is 0 Å². The van der Waals surface area contributed by atoms with Crippen LogP contribution in [0.2, 0.25) is 0 Å². The molecule has 0 spiro atoms. The van der Waals surface area contributed by atoms with Gasteiger partial charge in [-0.3, -0.25) is 9.59 Å². The molecule has 2 aromatic rings. The first-order valence-electron chi connectivity index (χ1n) is 12.9. The van der Waals surface area contributed by atoms with Crippen molar-refractivity contribution in [2.45, 2.75) is 52.1 Å². The van der Waals surface area contributed by atoms with Crippen molar-refractivity contribution in [1.29, 1.82) is 5.26 Å². The Bertz CT molecular complexity index is 1190. The standard InChI is InChI=1S/C29H37N5O4/c1-20-5-8-24(17-25(20)34(19-26(31)35)16-13-32-28(37)38-29(2,3)4)27(36)33-14-11-23(12-15-33)22-9-6-21(18-30)7-10-22/h5-10,17,23H,11-16,19H2,1-4H3,(H2,31,35)(H,32,37). The van der Waals surface area contributed by atoms with Crippen LogP contribution in [0.25, 0.3) is 0 Å². The monoisotopic (exact) mass is 519 g/mol.